The highest BCUT2D eigenvalue weighted by Gasteiger charge is 2.36. The third kappa shape index (κ3) is 5.07. The van der Waals surface area contributed by atoms with Gasteiger partial charge in [0.1, 0.15) is 13.1 Å². The van der Waals surface area contributed by atoms with Crippen LogP contribution in [0.5, 0.6) is 0 Å². The van der Waals surface area contributed by atoms with Crippen LogP contribution in [0.15, 0.2) is 17.1 Å². The van der Waals surface area contributed by atoms with Crippen LogP contribution in [0.2, 0.25) is 0 Å². The lowest BCUT2D eigenvalue weighted by Gasteiger charge is -2.37. The molecule has 0 spiro atoms. The molecule has 0 saturated heterocycles. The van der Waals surface area contributed by atoms with Crippen molar-refractivity contribution < 1.29 is 9.59 Å². The van der Waals surface area contributed by atoms with Crippen LogP contribution in [0.1, 0.15) is 52.4 Å². The average Bonchev–Trinajstić information content (AvgIpc) is 2.82. The van der Waals surface area contributed by atoms with Gasteiger partial charge in [0.25, 0.3) is 0 Å². The quantitative estimate of drug-likeness (QED) is 0.368. The van der Waals surface area contributed by atoms with Gasteiger partial charge in [0, 0.05) is 6.42 Å². The van der Waals surface area contributed by atoms with Crippen molar-refractivity contribution >= 4 is 6.21 Å². The van der Waals surface area contributed by atoms with Crippen molar-refractivity contribution in [2.45, 2.75) is 58.5 Å². The van der Waals surface area contributed by atoms with Gasteiger partial charge in [-0.15, -0.1) is 0 Å². The van der Waals surface area contributed by atoms with Crippen LogP contribution in [0.4, 0.5) is 0 Å². The monoisotopic (exact) mass is 267 g/mol. The number of aliphatic hydroxyl groups is 1. The standard InChI is InChI=1S/C16H31N2O/c1-3-5-6-7-8-9-10-11-16-17-12-13-18(16,4-2)14-15-19/h3,5,12,16,19H,4,6-11,13-15H2,1-2H3/q+1/b5-3+. The number of quaternary nitrogens is 1. The Kier molecular flexibility index (Phi) is 7.99. The van der Waals surface area contributed by atoms with Crippen molar-refractivity contribution in [3.63, 3.8) is 0 Å². The lowest BCUT2D eigenvalue weighted by molar-refractivity contribution is -0.936. The molecule has 1 aliphatic rings. The molecular weight excluding hydrogens is 236 g/mol. The Morgan fingerprint density at radius 1 is 1.32 bits per heavy atom. The van der Waals surface area contributed by atoms with E-state index < -0.39 is 0 Å². The number of aliphatic imine (C=N–C) groups is 1. The van der Waals surface area contributed by atoms with Gasteiger partial charge in [0.05, 0.1) is 19.4 Å². The van der Waals surface area contributed by atoms with Crippen LogP contribution in [-0.4, -0.2) is 48.2 Å². The molecule has 0 aromatic carbocycles. The summed E-state index contributed by atoms with van der Waals surface area (Å²) in [6, 6.07) is 0. The maximum atomic E-state index is 9.26. The van der Waals surface area contributed by atoms with Crippen molar-refractivity contribution in [3.05, 3.63) is 12.2 Å². The minimum atomic E-state index is 0.275. The van der Waals surface area contributed by atoms with Crippen LogP contribution in [0.3, 0.4) is 0 Å². The molecule has 0 aliphatic carbocycles. The Bertz CT molecular complexity index is 288. The number of hydrogen-bond acceptors (Lipinski definition) is 2. The Hall–Kier alpha value is -0.670. The fourth-order valence-corrected chi connectivity index (χ4v) is 2.99. The van der Waals surface area contributed by atoms with Crippen molar-refractivity contribution in [2.24, 2.45) is 4.99 Å². The first-order valence-corrected chi connectivity index (χ1v) is 7.88. The summed E-state index contributed by atoms with van der Waals surface area (Å²) in [6.07, 6.45) is 14.5. The van der Waals surface area contributed by atoms with Crippen LogP contribution >= 0.6 is 0 Å². The summed E-state index contributed by atoms with van der Waals surface area (Å²) in [7, 11) is 0. The number of hydrogen-bond donors (Lipinski definition) is 1. The molecule has 0 fully saturated rings. The van der Waals surface area contributed by atoms with E-state index in [1.807, 2.05) is 0 Å². The molecule has 19 heavy (non-hydrogen) atoms. The minimum Gasteiger partial charge on any atom is -0.391 e. The van der Waals surface area contributed by atoms with E-state index in [4.69, 9.17) is 0 Å². The van der Waals surface area contributed by atoms with Crippen LogP contribution in [0.25, 0.3) is 0 Å². The largest absolute Gasteiger partial charge is 0.391 e. The number of rotatable bonds is 10. The number of allylic oxidation sites excluding steroid dienone is 2. The summed E-state index contributed by atoms with van der Waals surface area (Å²) in [5.41, 5.74) is 0. The third-order valence-corrected chi connectivity index (χ3v) is 4.35. The summed E-state index contributed by atoms with van der Waals surface area (Å²) in [6.45, 7) is 7.50. The molecule has 1 rings (SSSR count). The highest BCUT2D eigenvalue weighted by Crippen LogP contribution is 2.23. The van der Waals surface area contributed by atoms with Crippen LogP contribution < -0.4 is 0 Å². The van der Waals surface area contributed by atoms with E-state index in [9.17, 15) is 5.11 Å². The molecule has 110 valence electrons. The number of nitrogens with zero attached hydrogens (tertiary/aromatic N) is 2. The topological polar surface area (TPSA) is 32.6 Å². The summed E-state index contributed by atoms with van der Waals surface area (Å²) >= 11 is 0. The first-order valence-electron chi connectivity index (χ1n) is 7.88. The summed E-state index contributed by atoms with van der Waals surface area (Å²) < 4.78 is 0.967. The summed E-state index contributed by atoms with van der Waals surface area (Å²) in [5.74, 6) is 0. The average molecular weight is 267 g/mol. The smallest absolute Gasteiger partial charge is 0.182 e. The van der Waals surface area contributed by atoms with Crippen LogP contribution in [0, 0.1) is 0 Å². The molecule has 0 aromatic rings. The van der Waals surface area contributed by atoms with E-state index in [-0.39, 0.29) is 6.61 Å². The fraction of sp³-hybridized carbons (Fsp3) is 0.812. The predicted octanol–water partition coefficient (Wildman–Crippen LogP) is 3.14. The first-order chi connectivity index (χ1) is 9.29. The lowest BCUT2D eigenvalue weighted by Crippen LogP contribution is -2.53. The van der Waals surface area contributed by atoms with E-state index in [1.165, 1.54) is 38.5 Å². The van der Waals surface area contributed by atoms with E-state index in [2.05, 4.69) is 37.2 Å². The molecule has 0 bridgehead atoms. The van der Waals surface area contributed by atoms with Gasteiger partial charge in [0.2, 0.25) is 0 Å². The van der Waals surface area contributed by atoms with E-state index in [0.29, 0.717) is 6.17 Å². The molecule has 0 saturated carbocycles. The Labute approximate surface area is 118 Å². The SMILES string of the molecule is C/C=C/CCCCCCC1N=CC[N+]1(CC)CCO. The van der Waals surface area contributed by atoms with Crippen LogP contribution in [-0.2, 0) is 0 Å². The number of unbranched alkanes of at least 4 members (excludes halogenated alkanes) is 4. The van der Waals surface area contributed by atoms with Crippen molar-refractivity contribution in [3.8, 4) is 0 Å². The summed E-state index contributed by atoms with van der Waals surface area (Å²) in [5, 5.41) is 9.26. The van der Waals surface area contributed by atoms with Crippen molar-refractivity contribution in [1.82, 2.24) is 0 Å². The molecule has 3 nitrogen and oxygen atoms in total. The molecule has 1 heterocycles. The van der Waals surface area contributed by atoms with Gasteiger partial charge in [0.15, 0.2) is 6.17 Å². The molecule has 1 N–H and O–H groups in total. The van der Waals surface area contributed by atoms with Gasteiger partial charge in [-0.05, 0) is 33.1 Å². The second kappa shape index (κ2) is 9.27. The second-order valence-corrected chi connectivity index (χ2v) is 5.54. The van der Waals surface area contributed by atoms with Gasteiger partial charge in [-0.25, -0.2) is 4.99 Å². The van der Waals surface area contributed by atoms with Gasteiger partial charge in [-0.1, -0.05) is 25.0 Å². The first kappa shape index (κ1) is 16.4. The summed E-state index contributed by atoms with van der Waals surface area (Å²) in [4.78, 5) is 4.65. The molecule has 0 radical (unpaired) electrons. The van der Waals surface area contributed by atoms with E-state index in [1.54, 1.807) is 0 Å². The maximum Gasteiger partial charge on any atom is 0.182 e. The lowest BCUT2D eigenvalue weighted by atomic mass is 10.1. The second-order valence-electron chi connectivity index (χ2n) is 5.54. The van der Waals surface area contributed by atoms with Crippen molar-refractivity contribution in [2.75, 3.05) is 26.2 Å². The molecule has 2 atom stereocenters. The zero-order chi connectivity index (χ0) is 14.0. The predicted molar refractivity (Wildman–Crippen MR) is 82.4 cm³/mol. The highest BCUT2D eigenvalue weighted by atomic mass is 16.3. The normalized spacial score (nSPS) is 26.6. The minimum absolute atomic E-state index is 0.275. The molecule has 0 amide bonds. The Balaban J connectivity index is 2.22. The number of aliphatic hydroxyl groups excluding tert-OH is 1. The molecule has 1 aliphatic heterocycles. The molecule has 2 unspecified atom stereocenters. The molecule has 0 aromatic heterocycles. The van der Waals surface area contributed by atoms with Gasteiger partial charge < -0.3 is 5.11 Å². The van der Waals surface area contributed by atoms with E-state index in [0.717, 1.165) is 24.1 Å². The number of likely N-dealkylation sites (N-methyl/N-ethyl adjacent to an activating group) is 1. The zero-order valence-electron chi connectivity index (χ0n) is 12.7. The molecular formula is C16H31N2O+. The van der Waals surface area contributed by atoms with Gasteiger partial charge >= 0.3 is 0 Å². The molecule has 3 heteroatoms. The Morgan fingerprint density at radius 2 is 2.11 bits per heavy atom. The van der Waals surface area contributed by atoms with Gasteiger partial charge in [-0.3, -0.25) is 4.48 Å². The van der Waals surface area contributed by atoms with E-state index >= 15 is 0 Å². The third-order valence-electron chi connectivity index (χ3n) is 4.35. The highest BCUT2D eigenvalue weighted by molar-refractivity contribution is 5.60. The van der Waals surface area contributed by atoms with Crippen molar-refractivity contribution in [1.29, 1.82) is 0 Å². The maximum absolute atomic E-state index is 9.26. The fourth-order valence-electron chi connectivity index (χ4n) is 2.99. The van der Waals surface area contributed by atoms with Gasteiger partial charge in [-0.2, -0.15) is 0 Å². The Morgan fingerprint density at radius 3 is 2.79 bits per heavy atom. The zero-order valence-corrected chi connectivity index (χ0v) is 12.7.